The molecule has 0 bridgehead atoms. The molecule has 0 heterocycles. The molecule has 1 amide bonds. The summed E-state index contributed by atoms with van der Waals surface area (Å²) in [5.41, 5.74) is -0.0759. The summed E-state index contributed by atoms with van der Waals surface area (Å²) in [4.78, 5) is 34.6. The van der Waals surface area contributed by atoms with Gasteiger partial charge >= 0.3 is 5.97 Å². The largest absolute Gasteiger partial charge is 0.478 e. The van der Waals surface area contributed by atoms with Gasteiger partial charge in [0.05, 0.1) is 28.4 Å². The lowest BCUT2D eigenvalue weighted by atomic mass is 9.61. The Kier molecular flexibility index (Phi) is 4.81. The average Bonchev–Trinajstić information content (AvgIpc) is 2.72. The number of carboxylic acid groups (broad SMARTS) is 1. The molecule has 3 N–H and O–H groups in total. The van der Waals surface area contributed by atoms with Gasteiger partial charge in [0.2, 0.25) is 5.91 Å². The van der Waals surface area contributed by atoms with E-state index in [1.165, 1.54) is 13.8 Å². The molecular formula is C14H19NO6S. The van der Waals surface area contributed by atoms with Crippen LogP contribution in [0.25, 0.3) is 0 Å². The number of allylic oxidation sites excluding steroid dienone is 1. The van der Waals surface area contributed by atoms with E-state index in [1.54, 1.807) is 0 Å². The first-order chi connectivity index (χ1) is 10.3. The number of rotatable bonds is 6. The van der Waals surface area contributed by atoms with Crippen molar-refractivity contribution in [3.63, 3.8) is 0 Å². The fraction of sp³-hybridized carbons (Fsp3) is 0.643. The first-order valence-corrected chi connectivity index (χ1v) is 8.38. The molecule has 0 saturated heterocycles. The van der Waals surface area contributed by atoms with Crippen molar-refractivity contribution in [2.24, 2.45) is 17.8 Å². The van der Waals surface area contributed by atoms with Gasteiger partial charge < -0.3 is 15.5 Å². The second kappa shape index (κ2) is 6.29. The highest BCUT2D eigenvalue weighted by Gasteiger charge is 2.59. The quantitative estimate of drug-likeness (QED) is 0.600. The van der Waals surface area contributed by atoms with Crippen LogP contribution in [0, 0.1) is 17.8 Å². The Labute approximate surface area is 130 Å². The van der Waals surface area contributed by atoms with Gasteiger partial charge in [0.25, 0.3) is 0 Å². The van der Waals surface area contributed by atoms with Crippen LogP contribution in [0.15, 0.2) is 10.5 Å². The molecule has 5 atom stereocenters. The van der Waals surface area contributed by atoms with Crippen LogP contribution in [0.4, 0.5) is 0 Å². The third-order valence-electron chi connectivity index (χ3n) is 4.24. The third kappa shape index (κ3) is 2.85. The number of carboxylic acids is 1. The second-order valence-electron chi connectivity index (χ2n) is 5.69. The number of hydrogen-bond donors (Lipinski definition) is 3. The van der Waals surface area contributed by atoms with E-state index in [-0.39, 0.29) is 46.8 Å². The Morgan fingerprint density at radius 1 is 1.45 bits per heavy atom. The van der Waals surface area contributed by atoms with Gasteiger partial charge in [0.1, 0.15) is 5.78 Å². The number of amides is 1. The van der Waals surface area contributed by atoms with E-state index in [0.29, 0.717) is 0 Å². The van der Waals surface area contributed by atoms with Crippen LogP contribution in [0.3, 0.4) is 0 Å². The Morgan fingerprint density at radius 2 is 2.09 bits per heavy atom. The first-order valence-electron chi connectivity index (χ1n) is 7.06. The van der Waals surface area contributed by atoms with Crippen molar-refractivity contribution >= 4 is 28.5 Å². The maximum Gasteiger partial charge on any atom is 0.333 e. The van der Waals surface area contributed by atoms with E-state index in [0.717, 1.165) is 0 Å². The smallest absolute Gasteiger partial charge is 0.333 e. The number of aliphatic hydroxyl groups excluding tert-OH is 1. The molecule has 0 aromatic heterocycles. The predicted octanol–water partition coefficient (Wildman–Crippen LogP) is -0.574. The fourth-order valence-corrected chi connectivity index (χ4v) is 4.69. The number of aliphatic carboxylic acids is 1. The van der Waals surface area contributed by atoms with E-state index < -0.39 is 34.7 Å². The Balaban J connectivity index is 2.16. The zero-order chi connectivity index (χ0) is 16.6. The van der Waals surface area contributed by atoms with Crippen LogP contribution in [-0.2, 0) is 25.2 Å². The van der Waals surface area contributed by atoms with Gasteiger partial charge in [-0.2, -0.15) is 0 Å². The van der Waals surface area contributed by atoms with Gasteiger partial charge in [-0.25, -0.2) is 4.79 Å². The minimum absolute atomic E-state index is 0.0759. The van der Waals surface area contributed by atoms with Crippen molar-refractivity contribution in [1.82, 2.24) is 5.32 Å². The van der Waals surface area contributed by atoms with Crippen molar-refractivity contribution in [2.45, 2.75) is 26.4 Å². The third-order valence-corrected chi connectivity index (χ3v) is 5.75. The van der Waals surface area contributed by atoms with Gasteiger partial charge in [-0.05, 0) is 19.3 Å². The van der Waals surface area contributed by atoms with E-state index in [4.69, 9.17) is 0 Å². The number of aliphatic hydroxyl groups is 1. The van der Waals surface area contributed by atoms with Crippen LogP contribution in [-0.4, -0.2) is 50.5 Å². The van der Waals surface area contributed by atoms with Crippen LogP contribution in [0.5, 0.6) is 0 Å². The minimum atomic E-state index is -1.56. The molecular weight excluding hydrogens is 310 g/mol. The predicted molar refractivity (Wildman–Crippen MR) is 78.1 cm³/mol. The molecule has 8 heteroatoms. The van der Waals surface area contributed by atoms with Gasteiger partial charge in [0, 0.05) is 30.0 Å². The van der Waals surface area contributed by atoms with Crippen LogP contribution in [0.1, 0.15) is 20.3 Å². The number of fused-ring (bicyclic) bond motifs is 1. The van der Waals surface area contributed by atoms with E-state index in [1.807, 2.05) is 0 Å². The molecule has 122 valence electrons. The molecule has 7 nitrogen and oxygen atoms in total. The summed E-state index contributed by atoms with van der Waals surface area (Å²) in [5.74, 6) is -3.27. The minimum Gasteiger partial charge on any atom is -0.478 e. The van der Waals surface area contributed by atoms with Crippen molar-refractivity contribution < 1.29 is 28.8 Å². The molecule has 22 heavy (non-hydrogen) atoms. The number of nitrogens with one attached hydrogen (secondary N) is 1. The lowest BCUT2D eigenvalue weighted by molar-refractivity contribution is -0.149. The Hall–Kier alpha value is -1.54. The topological polar surface area (TPSA) is 121 Å². The highest BCUT2D eigenvalue weighted by molar-refractivity contribution is 7.89. The van der Waals surface area contributed by atoms with Crippen molar-refractivity contribution in [2.75, 3.05) is 12.3 Å². The van der Waals surface area contributed by atoms with E-state index >= 15 is 0 Å². The molecule has 2 rings (SSSR count). The summed E-state index contributed by atoms with van der Waals surface area (Å²) in [6.45, 7) is 3.03. The summed E-state index contributed by atoms with van der Waals surface area (Å²) >= 11 is 0. The molecule has 1 fully saturated rings. The van der Waals surface area contributed by atoms with Gasteiger partial charge in [0.15, 0.2) is 0 Å². The Morgan fingerprint density at radius 3 is 2.59 bits per heavy atom. The van der Waals surface area contributed by atoms with Crippen LogP contribution >= 0.6 is 0 Å². The highest BCUT2D eigenvalue weighted by atomic mass is 32.2. The molecule has 0 aromatic rings. The molecule has 2 aliphatic rings. The van der Waals surface area contributed by atoms with E-state index in [2.05, 4.69) is 5.32 Å². The van der Waals surface area contributed by atoms with Crippen molar-refractivity contribution in [3.05, 3.63) is 10.5 Å². The standard InChI is InChI=1S/C14H19NO6S/c1-6(16)10-8-5-9(22(21)4-3-15-7(2)17)12(14(19)20)11(8)13(10)18/h6,8,10-11,16H,3-5H2,1-2H3,(H,15,17)(H,19,20)/t6?,8-,10?,11-,22?/m1/s1. The molecule has 2 aliphatic carbocycles. The fourth-order valence-electron chi connectivity index (χ4n) is 3.32. The van der Waals surface area contributed by atoms with Crippen molar-refractivity contribution in [1.29, 1.82) is 0 Å². The summed E-state index contributed by atoms with van der Waals surface area (Å²) in [5, 5.41) is 21.5. The van der Waals surface area contributed by atoms with Crippen molar-refractivity contribution in [3.8, 4) is 0 Å². The highest BCUT2D eigenvalue weighted by Crippen LogP contribution is 2.53. The number of hydrogen-bond acceptors (Lipinski definition) is 5. The average molecular weight is 329 g/mol. The van der Waals surface area contributed by atoms with Gasteiger partial charge in [-0.1, -0.05) is 0 Å². The zero-order valence-electron chi connectivity index (χ0n) is 12.4. The lowest BCUT2D eigenvalue weighted by Crippen LogP contribution is -2.51. The maximum absolute atomic E-state index is 12.3. The first kappa shape index (κ1) is 16.8. The summed E-state index contributed by atoms with van der Waals surface area (Å²) < 4.78 is 12.3. The molecule has 3 unspecified atom stereocenters. The lowest BCUT2D eigenvalue weighted by Gasteiger charge is -2.40. The molecule has 1 saturated carbocycles. The normalized spacial score (nSPS) is 29.6. The molecule has 0 spiro atoms. The summed E-state index contributed by atoms with van der Waals surface area (Å²) in [7, 11) is -1.56. The molecule has 0 aromatic carbocycles. The van der Waals surface area contributed by atoms with Gasteiger partial charge in [-0.3, -0.25) is 13.8 Å². The van der Waals surface area contributed by atoms with E-state index in [9.17, 15) is 28.8 Å². The maximum atomic E-state index is 12.3. The number of Topliss-reactive ketones (excluding diaryl/α,β-unsaturated/α-hetero) is 1. The SMILES string of the molecule is CC(=O)NCCS(=O)C1=C(C(=O)O)[C@@H]2C(=O)C(C(C)O)[C@H]2C1. The van der Waals surface area contributed by atoms with Gasteiger partial charge in [-0.15, -0.1) is 0 Å². The zero-order valence-corrected chi connectivity index (χ0v) is 13.2. The Bertz CT molecular complexity index is 582. The molecule has 0 radical (unpaired) electrons. The van der Waals surface area contributed by atoms with Crippen LogP contribution < -0.4 is 5.32 Å². The summed E-state index contributed by atoms with van der Waals surface area (Å²) in [6.07, 6.45) is -0.587. The number of carbonyl (C=O) groups excluding carboxylic acids is 2. The monoisotopic (exact) mass is 329 g/mol. The number of carbonyl (C=O) groups is 3. The molecule has 0 aliphatic heterocycles. The van der Waals surface area contributed by atoms with Crippen LogP contribution in [0.2, 0.25) is 0 Å². The number of ketones is 1. The second-order valence-corrected chi connectivity index (χ2v) is 7.28. The summed E-state index contributed by atoms with van der Waals surface area (Å²) in [6, 6.07) is 0.